The zero-order chi connectivity index (χ0) is 8.69. The molecule has 0 heterocycles. The first-order valence-corrected chi connectivity index (χ1v) is 3.62. The first-order chi connectivity index (χ1) is 5.20. The third kappa shape index (κ3) is 5.28. The van der Waals surface area contributed by atoms with Crippen LogP contribution in [-0.4, -0.2) is 17.2 Å². The molecular weight excluding hydrogens is 142 g/mol. The molecule has 0 spiro atoms. The second-order valence-electron chi connectivity index (χ2n) is 2.19. The van der Waals surface area contributed by atoms with Crippen LogP contribution in [0.2, 0.25) is 0 Å². The fourth-order valence-electron chi connectivity index (χ4n) is 0.792. The molecule has 3 nitrogen and oxygen atoms in total. The maximum absolute atomic E-state index is 10.2. The fourth-order valence-corrected chi connectivity index (χ4v) is 0.792. The predicted octanol–water partition coefficient (Wildman–Crippen LogP) is 1.45. The van der Waals surface area contributed by atoms with Gasteiger partial charge in [-0.1, -0.05) is 19.3 Å². The van der Waals surface area contributed by atoms with E-state index in [4.69, 9.17) is 5.11 Å². The van der Waals surface area contributed by atoms with Crippen molar-refractivity contribution in [2.45, 2.75) is 32.7 Å². The molecule has 0 rings (SSSR count). The van der Waals surface area contributed by atoms with Crippen molar-refractivity contribution in [3.05, 3.63) is 0 Å². The Morgan fingerprint density at radius 3 is 2.73 bits per heavy atom. The van der Waals surface area contributed by atoms with E-state index in [1.165, 1.54) is 0 Å². The van der Waals surface area contributed by atoms with Gasteiger partial charge in [0.25, 0.3) is 0 Å². The lowest BCUT2D eigenvalue weighted by atomic mass is 10.2. The molecule has 0 aromatic heterocycles. The highest BCUT2D eigenvalue weighted by molar-refractivity contribution is 5.65. The minimum atomic E-state index is -1.01. The maximum Gasteiger partial charge on any atom is 0.405 e. The number of hydrogen-bond acceptors (Lipinski definition) is 1. The molecule has 0 aliphatic carbocycles. The zero-order valence-corrected chi connectivity index (χ0v) is 6.85. The number of carboxylic acid groups (broad SMARTS) is 1. The number of rotatable bonds is 3. The third-order valence-corrected chi connectivity index (χ3v) is 1.19. The van der Waals surface area contributed by atoms with E-state index in [0.29, 0.717) is 0 Å². The van der Waals surface area contributed by atoms with E-state index < -0.39 is 6.09 Å². The molecule has 1 unspecified atom stereocenters. The summed E-state index contributed by atoms with van der Waals surface area (Å²) in [4.78, 5) is 10.2. The van der Waals surface area contributed by atoms with Gasteiger partial charge in [0.05, 0.1) is 6.04 Å². The molecule has 0 saturated heterocycles. The van der Waals surface area contributed by atoms with Crippen LogP contribution in [0.15, 0.2) is 0 Å². The van der Waals surface area contributed by atoms with Crippen LogP contribution in [0.25, 0.3) is 0 Å². The Balaban J connectivity index is 3.85. The van der Waals surface area contributed by atoms with Gasteiger partial charge >= 0.3 is 6.09 Å². The summed E-state index contributed by atoms with van der Waals surface area (Å²) >= 11 is 0. The molecule has 0 radical (unpaired) electrons. The molecule has 3 heteroatoms. The molecule has 0 saturated carbocycles. The topological polar surface area (TPSA) is 49.3 Å². The van der Waals surface area contributed by atoms with Crippen LogP contribution in [0.1, 0.15) is 26.7 Å². The highest BCUT2D eigenvalue weighted by Gasteiger charge is 2.05. The highest BCUT2D eigenvalue weighted by atomic mass is 16.4. The van der Waals surface area contributed by atoms with Crippen molar-refractivity contribution in [1.29, 1.82) is 0 Å². The summed E-state index contributed by atoms with van der Waals surface area (Å²) in [6.45, 7) is 3.69. The van der Waals surface area contributed by atoms with Gasteiger partial charge in [-0.3, -0.25) is 0 Å². The van der Waals surface area contributed by atoms with Crippen molar-refractivity contribution in [2.75, 3.05) is 0 Å². The Hall–Kier alpha value is -1.17. The van der Waals surface area contributed by atoms with Gasteiger partial charge in [-0.05, 0) is 13.3 Å². The standard InChI is InChI=1S/C8H13NO2/c1-3-5-7(6-4-2)9-8(10)11/h7,9H,3,5H2,1-2H3,(H,10,11). The van der Waals surface area contributed by atoms with Gasteiger partial charge in [0.1, 0.15) is 0 Å². The van der Waals surface area contributed by atoms with E-state index >= 15 is 0 Å². The fraction of sp³-hybridized carbons (Fsp3) is 0.625. The largest absolute Gasteiger partial charge is 0.465 e. The first-order valence-electron chi connectivity index (χ1n) is 3.62. The van der Waals surface area contributed by atoms with E-state index in [2.05, 4.69) is 17.2 Å². The van der Waals surface area contributed by atoms with Crippen molar-refractivity contribution in [1.82, 2.24) is 5.32 Å². The van der Waals surface area contributed by atoms with Gasteiger partial charge in [-0.15, -0.1) is 5.92 Å². The van der Waals surface area contributed by atoms with Crippen molar-refractivity contribution >= 4 is 6.09 Å². The van der Waals surface area contributed by atoms with Crippen LogP contribution in [0.4, 0.5) is 4.79 Å². The Bertz CT molecular complexity index is 178. The molecule has 62 valence electrons. The first kappa shape index (κ1) is 9.83. The van der Waals surface area contributed by atoms with Crippen LogP contribution in [0.5, 0.6) is 0 Å². The third-order valence-electron chi connectivity index (χ3n) is 1.19. The lowest BCUT2D eigenvalue weighted by molar-refractivity contribution is 0.192. The molecule has 0 aliphatic heterocycles. The Labute approximate surface area is 66.8 Å². The highest BCUT2D eigenvalue weighted by Crippen LogP contribution is 1.94. The summed E-state index contributed by atoms with van der Waals surface area (Å²) in [5, 5.41) is 10.7. The van der Waals surface area contributed by atoms with Crippen LogP contribution >= 0.6 is 0 Å². The molecule has 0 bridgehead atoms. The Morgan fingerprint density at radius 1 is 1.73 bits per heavy atom. The van der Waals surface area contributed by atoms with Crippen LogP contribution < -0.4 is 5.32 Å². The molecule has 0 aromatic carbocycles. The van der Waals surface area contributed by atoms with Gasteiger partial charge in [0.2, 0.25) is 0 Å². The summed E-state index contributed by atoms with van der Waals surface area (Å²) in [5.74, 6) is 5.46. The van der Waals surface area contributed by atoms with Crippen LogP contribution in [0, 0.1) is 11.8 Å². The lowest BCUT2D eigenvalue weighted by Gasteiger charge is -2.07. The quantitative estimate of drug-likeness (QED) is 0.606. The number of nitrogens with one attached hydrogen (secondary N) is 1. The second-order valence-corrected chi connectivity index (χ2v) is 2.19. The summed E-state index contributed by atoms with van der Waals surface area (Å²) in [6, 6.07) is -0.206. The van der Waals surface area contributed by atoms with E-state index in [1.807, 2.05) is 6.92 Å². The summed E-state index contributed by atoms with van der Waals surface area (Å²) in [6.07, 6.45) is 0.693. The van der Waals surface area contributed by atoms with Crippen molar-refractivity contribution in [2.24, 2.45) is 0 Å². The maximum atomic E-state index is 10.2. The summed E-state index contributed by atoms with van der Waals surface area (Å²) in [5.41, 5.74) is 0. The predicted molar refractivity (Wildman–Crippen MR) is 43.3 cm³/mol. The summed E-state index contributed by atoms with van der Waals surface area (Å²) in [7, 11) is 0. The number of carbonyl (C=O) groups is 1. The van der Waals surface area contributed by atoms with E-state index in [9.17, 15) is 4.79 Å². The molecule has 0 aromatic rings. The smallest absolute Gasteiger partial charge is 0.405 e. The molecule has 1 amide bonds. The van der Waals surface area contributed by atoms with Crippen molar-refractivity contribution in [3.8, 4) is 11.8 Å². The molecule has 2 N–H and O–H groups in total. The second kappa shape index (κ2) is 5.60. The molecule has 0 fully saturated rings. The van der Waals surface area contributed by atoms with Gasteiger partial charge in [-0.2, -0.15) is 0 Å². The number of amides is 1. The van der Waals surface area contributed by atoms with E-state index in [0.717, 1.165) is 12.8 Å². The zero-order valence-electron chi connectivity index (χ0n) is 6.85. The van der Waals surface area contributed by atoms with Gasteiger partial charge in [-0.25, -0.2) is 4.79 Å². The molecule has 0 aliphatic rings. The average molecular weight is 155 g/mol. The minimum Gasteiger partial charge on any atom is -0.465 e. The van der Waals surface area contributed by atoms with E-state index in [-0.39, 0.29) is 6.04 Å². The minimum absolute atomic E-state index is 0.206. The molecule has 1 atom stereocenters. The van der Waals surface area contributed by atoms with Gasteiger partial charge in [0.15, 0.2) is 0 Å². The monoisotopic (exact) mass is 155 g/mol. The lowest BCUT2D eigenvalue weighted by Crippen LogP contribution is -2.32. The molecular formula is C8H13NO2. The summed E-state index contributed by atoms with van der Waals surface area (Å²) < 4.78 is 0. The SMILES string of the molecule is CC#CC(CCC)NC(=O)O. The molecule has 11 heavy (non-hydrogen) atoms. The van der Waals surface area contributed by atoms with Gasteiger partial charge in [0, 0.05) is 0 Å². The number of hydrogen-bond donors (Lipinski definition) is 2. The Morgan fingerprint density at radius 2 is 2.36 bits per heavy atom. The van der Waals surface area contributed by atoms with Crippen molar-refractivity contribution < 1.29 is 9.90 Å². The van der Waals surface area contributed by atoms with Crippen LogP contribution in [0.3, 0.4) is 0 Å². The van der Waals surface area contributed by atoms with Gasteiger partial charge < -0.3 is 10.4 Å². The average Bonchev–Trinajstić information content (AvgIpc) is 1.87. The normalized spacial score (nSPS) is 11.1. The Kier molecular flexibility index (Phi) is 5.01. The van der Waals surface area contributed by atoms with Crippen LogP contribution in [-0.2, 0) is 0 Å². The van der Waals surface area contributed by atoms with E-state index in [1.54, 1.807) is 6.92 Å². The van der Waals surface area contributed by atoms with Crippen molar-refractivity contribution in [3.63, 3.8) is 0 Å².